The zero-order chi connectivity index (χ0) is 46.0. The van der Waals surface area contributed by atoms with Gasteiger partial charge in [0.2, 0.25) is 0 Å². The highest BCUT2D eigenvalue weighted by atomic mass is 19.4. The van der Waals surface area contributed by atoms with Crippen LogP contribution in [0.5, 0.6) is 0 Å². The highest BCUT2D eigenvalue weighted by Crippen LogP contribution is 2.43. The highest BCUT2D eigenvalue weighted by molar-refractivity contribution is 6.54. The number of anilines is 1. The molecule has 6 nitrogen and oxygen atoms in total. The summed E-state index contributed by atoms with van der Waals surface area (Å²) < 4.78 is 126. The molecule has 7 aromatic rings. The van der Waals surface area contributed by atoms with Crippen molar-refractivity contribution in [2.45, 2.75) is 36.7 Å². The van der Waals surface area contributed by atoms with Crippen LogP contribution >= 0.6 is 0 Å². The van der Waals surface area contributed by atoms with Crippen molar-refractivity contribution < 1.29 is 39.5 Å². The van der Waals surface area contributed by atoms with Gasteiger partial charge in [-0.25, -0.2) is 15.0 Å². The molecule has 0 radical (unpaired) electrons. The highest BCUT2D eigenvalue weighted by Gasteiger charge is 2.38. The van der Waals surface area contributed by atoms with Gasteiger partial charge in [0, 0.05) is 22.3 Å². The molecule has 2 aliphatic heterocycles. The molecule has 1 N–H and O–H groups in total. The number of hydrogen-bond donors (Lipinski definition) is 1. The Bertz CT molecular complexity index is 3190. The Morgan fingerprint density at radius 1 is 0.470 bits per heavy atom. The van der Waals surface area contributed by atoms with Crippen LogP contribution in [0.25, 0.3) is 33.5 Å². The average molecular weight is 899 g/mol. The second kappa shape index (κ2) is 16.1. The fourth-order valence-electron chi connectivity index (χ4n) is 8.25. The Balaban J connectivity index is 1.25. The molecule has 0 spiro atoms. The number of hydrogen-bond acceptors (Lipinski definition) is 6. The predicted molar refractivity (Wildman–Crippen MR) is 236 cm³/mol. The van der Waals surface area contributed by atoms with Gasteiger partial charge in [-0.15, -0.1) is 0 Å². The Kier molecular flexibility index (Phi) is 10.3. The van der Waals surface area contributed by atoms with Gasteiger partial charge in [0.05, 0.1) is 85.8 Å². The molecule has 3 atom stereocenters. The van der Waals surface area contributed by atoms with Crippen LogP contribution in [0.4, 0.5) is 50.9 Å². The number of nitrogens with zero attached hydrogens (tertiary/aromatic N) is 5. The van der Waals surface area contributed by atoms with E-state index in [-0.39, 0.29) is 39.5 Å². The first kappa shape index (κ1) is 42.3. The molecule has 0 saturated carbocycles. The van der Waals surface area contributed by atoms with Crippen LogP contribution in [0.2, 0.25) is 0 Å². The molecular weight excluding hydrogens is 868 g/mol. The summed E-state index contributed by atoms with van der Waals surface area (Å²) in [6.45, 7) is 0. The molecule has 328 valence electrons. The third-order valence-electron chi connectivity index (χ3n) is 11.4. The van der Waals surface area contributed by atoms with E-state index >= 15 is 0 Å². The van der Waals surface area contributed by atoms with Crippen LogP contribution in [0.15, 0.2) is 184 Å². The van der Waals surface area contributed by atoms with Crippen molar-refractivity contribution in [3.05, 3.63) is 203 Å². The summed E-state index contributed by atoms with van der Waals surface area (Å²) in [7, 11) is 0. The standard InChI is InChI=1S/C51H31F9N6/c52-49(53,54)34-16-19-37-40(25-34)64-43(28-10-4-1-5-11-28)46(61-37)31-22-32(47-44(29-12-6-2-7-13-29)65-41-26-35(50(55,56)57)17-20-38(41)62-47)24-33(23-31)48-45(30-14-8-3-9-15-30)66-42-27-36(51(58,59)60)18-21-39(42)63-48/h1-27,37,40,44,65H. The number of benzene rings is 6. The number of rotatable bonds is 6. The lowest BCUT2D eigenvalue weighted by atomic mass is 9.87. The minimum Gasteiger partial charge on any atom is -0.371 e. The first-order valence-electron chi connectivity index (χ1n) is 20.5. The lowest BCUT2D eigenvalue weighted by Crippen LogP contribution is -2.35. The minimum absolute atomic E-state index is 0.0137. The molecular formula is C51H31F9N6. The maximum absolute atomic E-state index is 14.0. The number of aromatic nitrogens is 2. The number of aliphatic imine (C=N–C) groups is 3. The summed E-state index contributed by atoms with van der Waals surface area (Å²) in [4.78, 5) is 24.7. The van der Waals surface area contributed by atoms with E-state index in [4.69, 9.17) is 24.9 Å². The Morgan fingerprint density at radius 2 is 1.03 bits per heavy atom. The van der Waals surface area contributed by atoms with E-state index in [1.165, 1.54) is 18.2 Å². The van der Waals surface area contributed by atoms with Crippen molar-refractivity contribution in [2.75, 3.05) is 5.32 Å². The van der Waals surface area contributed by atoms with E-state index in [0.717, 1.165) is 36.4 Å². The van der Waals surface area contributed by atoms with Crippen molar-refractivity contribution in [2.24, 2.45) is 15.0 Å². The van der Waals surface area contributed by atoms with E-state index in [2.05, 4.69) is 5.32 Å². The predicted octanol–water partition coefficient (Wildman–Crippen LogP) is 13.4. The van der Waals surface area contributed by atoms with Crippen molar-refractivity contribution in [1.29, 1.82) is 0 Å². The number of nitrogens with one attached hydrogen (secondary N) is 1. The third-order valence-corrected chi connectivity index (χ3v) is 11.4. The van der Waals surface area contributed by atoms with Crippen LogP contribution in [-0.4, -0.2) is 45.4 Å². The Labute approximate surface area is 370 Å². The van der Waals surface area contributed by atoms with E-state index in [1.807, 2.05) is 0 Å². The maximum atomic E-state index is 14.0. The number of allylic oxidation sites excluding steroid dienone is 2. The van der Waals surface area contributed by atoms with Crippen LogP contribution in [0.3, 0.4) is 0 Å². The molecule has 3 aliphatic rings. The van der Waals surface area contributed by atoms with Gasteiger partial charge in [-0.05, 0) is 71.8 Å². The fourth-order valence-corrected chi connectivity index (χ4v) is 8.25. The van der Waals surface area contributed by atoms with Gasteiger partial charge in [0.25, 0.3) is 0 Å². The van der Waals surface area contributed by atoms with E-state index in [1.54, 1.807) is 109 Å². The molecule has 0 amide bonds. The summed E-state index contributed by atoms with van der Waals surface area (Å²) in [5.41, 5.74) is 2.34. The van der Waals surface area contributed by atoms with Crippen LogP contribution < -0.4 is 5.32 Å². The van der Waals surface area contributed by atoms with Crippen LogP contribution in [-0.2, 0) is 12.4 Å². The van der Waals surface area contributed by atoms with Crippen molar-refractivity contribution in [3.63, 3.8) is 0 Å². The van der Waals surface area contributed by atoms with Crippen molar-refractivity contribution >= 4 is 39.5 Å². The molecule has 3 heterocycles. The summed E-state index contributed by atoms with van der Waals surface area (Å²) in [6, 6.07) is 35.5. The zero-order valence-corrected chi connectivity index (χ0v) is 34.0. The zero-order valence-electron chi connectivity index (χ0n) is 34.0. The first-order valence-corrected chi connectivity index (χ1v) is 20.5. The molecule has 0 bridgehead atoms. The SMILES string of the molecule is FC(F)(F)C1=CC2N=C(c3ccccc3)C(c3cc(C4=Nc5ccc(C(F)(F)F)cc5NC4c4ccccc4)cc(-c4nc5ccc(C(F)(F)F)cc5nc4-c4ccccc4)c3)=NC2C=C1. The maximum Gasteiger partial charge on any atom is 0.416 e. The Morgan fingerprint density at radius 3 is 1.71 bits per heavy atom. The summed E-state index contributed by atoms with van der Waals surface area (Å²) in [6.07, 6.45) is -10.5. The number of alkyl halides is 9. The normalized spacial score (nSPS) is 18.3. The van der Waals surface area contributed by atoms with Gasteiger partial charge in [0.1, 0.15) is 0 Å². The molecule has 15 heteroatoms. The molecule has 6 aromatic carbocycles. The van der Waals surface area contributed by atoms with Gasteiger partial charge in [0.15, 0.2) is 0 Å². The average Bonchev–Trinajstić information content (AvgIpc) is 3.32. The minimum atomic E-state index is -4.66. The molecule has 3 unspecified atom stereocenters. The quantitative estimate of drug-likeness (QED) is 0.169. The lowest BCUT2D eigenvalue weighted by molar-refractivity contribution is -0.138. The molecule has 66 heavy (non-hydrogen) atoms. The first-order chi connectivity index (χ1) is 31.6. The number of fused-ring (bicyclic) bond motifs is 3. The van der Waals surface area contributed by atoms with E-state index in [9.17, 15) is 39.5 Å². The fraction of sp³-hybridized carbons (Fsp3) is 0.118. The van der Waals surface area contributed by atoms with Crippen molar-refractivity contribution in [1.82, 2.24) is 9.97 Å². The smallest absolute Gasteiger partial charge is 0.371 e. The van der Waals surface area contributed by atoms with E-state index < -0.39 is 53.4 Å². The lowest BCUT2D eigenvalue weighted by Gasteiger charge is -2.30. The van der Waals surface area contributed by atoms with Gasteiger partial charge in [-0.2, -0.15) is 39.5 Å². The summed E-state index contributed by atoms with van der Waals surface area (Å²) in [5, 5.41) is 3.29. The summed E-state index contributed by atoms with van der Waals surface area (Å²) >= 11 is 0. The Hall–Kier alpha value is -7.68. The van der Waals surface area contributed by atoms with Crippen molar-refractivity contribution in [3.8, 4) is 22.5 Å². The third kappa shape index (κ3) is 8.16. The largest absolute Gasteiger partial charge is 0.416 e. The molecule has 1 aliphatic carbocycles. The van der Waals surface area contributed by atoms with E-state index in [0.29, 0.717) is 44.8 Å². The van der Waals surface area contributed by atoms with Gasteiger partial charge >= 0.3 is 18.5 Å². The topological polar surface area (TPSA) is 74.9 Å². The molecule has 0 saturated heterocycles. The monoisotopic (exact) mass is 898 g/mol. The molecule has 10 rings (SSSR count). The molecule has 0 fully saturated rings. The van der Waals surface area contributed by atoms with Gasteiger partial charge < -0.3 is 5.32 Å². The molecule has 1 aromatic heterocycles. The number of halogens is 9. The second-order valence-corrected chi connectivity index (χ2v) is 15.8. The van der Waals surface area contributed by atoms with Crippen LogP contribution in [0.1, 0.15) is 39.4 Å². The summed E-state index contributed by atoms with van der Waals surface area (Å²) in [5.74, 6) is 0. The van der Waals surface area contributed by atoms with Gasteiger partial charge in [-0.3, -0.25) is 9.98 Å². The van der Waals surface area contributed by atoms with Crippen LogP contribution in [0, 0.1) is 0 Å². The second-order valence-electron chi connectivity index (χ2n) is 15.8. The van der Waals surface area contributed by atoms with Gasteiger partial charge in [-0.1, -0.05) is 103 Å².